The molecule has 0 bridgehead atoms. The van der Waals surface area contributed by atoms with Crippen molar-refractivity contribution < 1.29 is 22.8 Å². The van der Waals surface area contributed by atoms with Gasteiger partial charge in [-0.05, 0) is 18.8 Å². The van der Waals surface area contributed by atoms with Crippen molar-refractivity contribution in [2.75, 3.05) is 25.1 Å². The lowest BCUT2D eigenvalue weighted by molar-refractivity contribution is -0.384. The lowest BCUT2D eigenvalue weighted by Gasteiger charge is -2.35. The summed E-state index contributed by atoms with van der Waals surface area (Å²) in [7, 11) is -4.06. The van der Waals surface area contributed by atoms with E-state index in [1.54, 1.807) is 0 Å². The molecule has 10 heteroatoms. The summed E-state index contributed by atoms with van der Waals surface area (Å²) in [6.45, 7) is 1.62. The van der Waals surface area contributed by atoms with Crippen molar-refractivity contribution in [3.8, 4) is 5.75 Å². The number of hydrogen-bond donors (Lipinski definition) is 2. The number of fused-ring (bicyclic) bond motifs is 1. The molecule has 3 rings (SSSR count). The number of hydrogen-bond acceptors (Lipinski definition) is 7. The van der Waals surface area contributed by atoms with Crippen LogP contribution >= 0.6 is 0 Å². The molecule has 2 aliphatic heterocycles. The number of sulfonamides is 1. The highest BCUT2D eigenvalue weighted by Gasteiger charge is 2.33. The molecule has 0 spiro atoms. The third-order valence-corrected chi connectivity index (χ3v) is 5.06. The molecule has 0 aliphatic carbocycles. The van der Waals surface area contributed by atoms with Crippen LogP contribution in [0.15, 0.2) is 17.0 Å². The summed E-state index contributed by atoms with van der Waals surface area (Å²) in [5, 5.41) is 19.5. The molecule has 2 aliphatic rings. The Balaban J connectivity index is 1.96. The first-order valence-corrected chi connectivity index (χ1v) is 8.73. The molecule has 2 heterocycles. The topological polar surface area (TPSA) is 134 Å². The molecule has 9 nitrogen and oxygen atoms in total. The van der Waals surface area contributed by atoms with Crippen LogP contribution in [0.2, 0.25) is 0 Å². The fraction of sp³-hybridized carbons (Fsp3) is 0.538. The van der Waals surface area contributed by atoms with Gasteiger partial charge in [-0.3, -0.25) is 10.1 Å². The fourth-order valence-corrected chi connectivity index (χ4v) is 3.47. The van der Waals surface area contributed by atoms with Gasteiger partial charge in [-0.1, -0.05) is 0 Å². The minimum Gasteiger partial charge on any atom is -0.489 e. The molecule has 126 valence electrons. The van der Waals surface area contributed by atoms with Crippen molar-refractivity contribution in [2.24, 2.45) is 11.1 Å². The monoisotopic (exact) mass is 343 g/mol. The molecule has 1 saturated heterocycles. The predicted octanol–water partition coefficient (Wildman–Crippen LogP) is 0.842. The quantitative estimate of drug-likeness (QED) is 0.613. The van der Waals surface area contributed by atoms with Gasteiger partial charge in [0, 0.05) is 25.3 Å². The Morgan fingerprint density at radius 3 is 2.61 bits per heavy atom. The van der Waals surface area contributed by atoms with Gasteiger partial charge in [0.05, 0.1) is 15.9 Å². The van der Waals surface area contributed by atoms with E-state index in [1.165, 1.54) is 6.07 Å². The van der Waals surface area contributed by atoms with Crippen LogP contribution in [0.3, 0.4) is 0 Å². The molecule has 0 aromatic heterocycles. The molecule has 1 aromatic rings. The van der Waals surface area contributed by atoms with Crippen LogP contribution in [0.1, 0.15) is 12.8 Å². The summed E-state index contributed by atoms with van der Waals surface area (Å²) in [5.41, 5.74) is -0.159. The van der Waals surface area contributed by atoms with E-state index < -0.39 is 14.9 Å². The normalized spacial score (nSPS) is 21.9. The van der Waals surface area contributed by atoms with Gasteiger partial charge in [-0.25, -0.2) is 13.6 Å². The molecule has 0 radical (unpaired) electrons. The maximum atomic E-state index is 11.5. The zero-order valence-corrected chi connectivity index (χ0v) is 13.0. The zero-order valence-electron chi connectivity index (χ0n) is 12.2. The number of nitrogens with two attached hydrogens (primary N) is 1. The molecule has 1 atom stereocenters. The van der Waals surface area contributed by atoms with E-state index in [0.717, 1.165) is 18.9 Å². The number of anilines is 1. The Hall–Kier alpha value is -1.91. The second-order valence-electron chi connectivity index (χ2n) is 5.63. The lowest BCUT2D eigenvalue weighted by atomic mass is 9.91. The van der Waals surface area contributed by atoms with Crippen molar-refractivity contribution in [1.29, 1.82) is 0 Å². The maximum absolute atomic E-state index is 11.5. The first kappa shape index (κ1) is 16.0. The van der Waals surface area contributed by atoms with E-state index in [9.17, 15) is 18.5 Å². The summed E-state index contributed by atoms with van der Waals surface area (Å²) in [6.07, 6.45) is 1.69. The Morgan fingerprint density at radius 2 is 2.00 bits per heavy atom. The molecule has 0 amide bonds. The number of ether oxygens (including phenoxy) is 2. The molecule has 23 heavy (non-hydrogen) atoms. The first-order chi connectivity index (χ1) is 10.9. The fourth-order valence-electron chi connectivity index (χ4n) is 2.92. The van der Waals surface area contributed by atoms with E-state index >= 15 is 0 Å². The smallest absolute Gasteiger partial charge is 0.297 e. The number of nitrogens with one attached hydrogen (secondary N) is 1. The minimum atomic E-state index is -4.06. The number of nitro benzene ring substituents is 1. The third kappa shape index (κ3) is 3.23. The average molecular weight is 343 g/mol. The molecular formula is C13H17N3O6S. The van der Waals surface area contributed by atoms with Crippen LogP contribution in [0.5, 0.6) is 5.75 Å². The Labute approximate surface area is 133 Å². The van der Waals surface area contributed by atoms with Crippen molar-refractivity contribution in [2.45, 2.75) is 23.8 Å². The summed E-state index contributed by atoms with van der Waals surface area (Å²) in [6, 6.07) is 2.09. The summed E-state index contributed by atoms with van der Waals surface area (Å²) in [5.74, 6) is 0.418. The van der Waals surface area contributed by atoms with Gasteiger partial charge in [-0.2, -0.15) is 0 Å². The highest BCUT2D eigenvalue weighted by molar-refractivity contribution is 7.89. The van der Waals surface area contributed by atoms with Gasteiger partial charge < -0.3 is 14.8 Å². The van der Waals surface area contributed by atoms with E-state index in [1.807, 2.05) is 0 Å². The summed E-state index contributed by atoms with van der Waals surface area (Å²) < 4.78 is 33.8. The van der Waals surface area contributed by atoms with Crippen LogP contribution in [0.4, 0.5) is 11.4 Å². The van der Waals surface area contributed by atoms with Gasteiger partial charge in [0.15, 0.2) is 11.4 Å². The van der Waals surface area contributed by atoms with Gasteiger partial charge in [-0.15, -0.1) is 0 Å². The average Bonchev–Trinajstić information content (AvgIpc) is 2.53. The van der Waals surface area contributed by atoms with Crippen LogP contribution in [0.25, 0.3) is 0 Å². The molecule has 1 aromatic carbocycles. The number of rotatable bonds is 3. The van der Waals surface area contributed by atoms with Crippen molar-refractivity contribution >= 4 is 21.4 Å². The van der Waals surface area contributed by atoms with Crippen LogP contribution in [0, 0.1) is 16.0 Å². The maximum Gasteiger partial charge on any atom is 0.297 e. The van der Waals surface area contributed by atoms with Crippen LogP contribution < -0.4 is 15.2 Å². The number of nitro groups is 1. The molecule has 0 saturated carbocycles. The van der Waals surface area contributed by atoms with E-state index in [-0.39, 0.29) is 34.0 Å². The van der Waals surface area contributed by atoms with Gasteiger partial charge in [0.25, 0.3) is 5.69 Å². The third-order valence-electron chi connectivity index (χ3n) is 4.16. The SMILES string of the molecule is NS(=O)(=O)c1cc2c(c([N+](=O)[O-])c1)N[C@@H](C1CCOCC1)CO2. The zero-order chi connectivity index (χ0) is 16.6. The Morgan fingerprint density at radius 1 is 1.30 bits per heavy atom. The van der Waals surface area contributed by atoms with Gasteiger partial charge in [0.1, 0.15) is 6.61 Å². The highest BCUT2D eigenvalue weighted by atomic mass is 32.2. The second-order valence-corrected chi connectivity index (χ2v) is 7.19. The largest absolute Gasteiger partial charge is 0.489 e. The summed E-state index contributed by atoms with van der Waals surface area (Å²) in [4.78, 5) is 10.3. The molecular weight excluding hydrogens is 326 g/mol. The number of primary sulfonamides is 1. The van der Waals surface area contributed by atoms with Crippen molar-refractivity contribution in [3.05, 3.63) is 22.2 Å². The number of benzene rings is 1. The first-order valence-electron chi connectivity index (χ1n) is 7.18. The predicted molar refractivity (Wildman–Crippen MR) is 80.9 cm³/mol. The second kappa shape index (κ2) is 5.95. The number of nitrogens with zero attached hydrogens (tertiary/aromatic N) is 1. The molecule has 0 unspecified atom stereocenters. The minimum absolute atomic E-state index is 0.0783. The van der Waals surface area contributed by atoms with Crippen LogP contribution in [-0.4, -0.2) is 39.2 Å². The van der Waals surface area contributed by atoms with Crippen molar-refractivity contribution in [3.63, 3.8) is 0 Å². The molecule has 1 fully saturated rings. The van der Waals surface area contributed by atoms with E-state index in [2.05, 4.69) is 5.32 Å². The molecule has 3 N–H and O–H groups in total. The van der Waals surface area contributed by atoms with Crippen LogP contribution in [-0.2, 0) is 14.8 Å². The Kier molecular flexibility index (Phi) is 4.13. The van der Waals surface area contributed by atoms with Gasteiger partial charge >= 0.3 is 0 Å². The standard InChI is InChI=1S/C13H17N3O6S/c14-23(19,20)9-5-11(16(17)18)13-12(6-9)22-7-10(15-13)8-1-3-21-4-2-8/h5-6,8,10,15H,1-4,7H2,(H2,14,19,20)/t10-/m1/s1. The van der Waals surface area contributed by atoms with E-state index in [0.29, 0.717) is 19.8 Å². The summed E-state index contributed by atoms with van der Waals surface area (Å²) >= 11 is 0. The van der Waals surface area contributed by atoms with Crippen molar-refractivity contribution in [1.82, 2.24) is 0 Å². The van der Waals surface area contributed by atoms with Gasteiger partial charge in [0.2, 0.25) is 10.0 Å². The van der Waals surface area contributed by atoms with E-state index in [4.69, 9.17) is 14.6 Å². The Bertz CT molecular complexity index is 729. The highest BCUT2D eigenvalue weighted by Crippen LogP contribution is 2.41. The lowest BCUT2D eigenvalue weighted by Crippen LogP contribution is -2.40.